The summed E-state index contributed by atoms with van der Waals surface area (Å²) in [7, 11) is 0. The van der Waals surface area contributed by atoms with Crippen LogP contribution >= 0.6 is 0 Å². The number of benzene rings is 1. The molecule has 0 fully saturated rings. The number of nitrogens with zero attached hydrogens (tertiary/aromatic N) is 1. The number of hydrogen-bond donors (Lipinski definition) is 1. The van der Waals surface area contributed by atoms with Crippen molar-refractivity contribution in [1.82, 2.24) is 0 Å². The minimum Gasteiger partial charge on any atom is -0.371 e. The Kier molecular flexibility index (Phi) is 4.28. The van der Waals surface area contributed by atoms with Gasteiger partial charge in [0.25, 0.3) is 0 Å². The molecule has 0 amide bonds. The molecule has 1 aromatic carbocycles. The van der Waals surface area contributed by atoms with Crippen molar-refractivity contribution in [2.75, 3.05) is 18.0 Å². The fraction of sp³-hybridized carbons (Fsp3) is 0.625. The molecule has 0 aliphatic carbocycles. The zero-order valence-corrected chi connectivity index (χ0v) is 11.9. The van der Waals surface area contributed by atoms with E-state index in [1.807, 2.05) is 0 Å². The molecule has 0 saturated carbocycles. The summed E-state index contributed by atoms with van der Waals surface area (Å²) in [4.78, 5) is 2.51. The Morgan fingerprint density at radius 1 is 1.33 bits per heavy atom. The van der Waals surface area contributed by atoms with E-state index in [9.17, 15) is 0 Å². The summed E-state index contributed by atoms with van der Waals surface area (Å²) in [5.74, 6) is 1.26. The SMILES string of the molecule is CC1CCN(CCC(N)C(C)C)c2ccccc21. The van der Waals surface area contributed by atoms with Crippen LogP contribution in [0.4, 0.5) is 5.69 Å². The lowest BCUT2D eigenvalue weighted by Crippen LogP contribution is -2.36. The second-order valence-electron chi connectivity index (χ2n) is 5.93. The first kappa shape index (κ1) is 13.4. The van der Waals surface area contributed by atoms with E-state index >= 15 is 0 Å². The van der Waals surface area contributed by atoms with Gasteiger partial charge in [0, 0.05) is 24.8 Å². The fourth-order valence-electron chi connectivity index (χ4n) is 2.69. The average Bonchev–Trinajstić information content (AvgIpc) is 2.38. The van der Waals surface area contributed by atoms with Crippen LogP contribution in [0, 0.1) is 5.92 Å². The van der Waals surface area contributed by atoms with Gasteiger partial charge in [0.15, 0.2) is 0 Å². The second kappa shape index (κ2) is 5.75. The van der Waals surface area contributed by atoms with Gasteiger partial charge in [0.1, 0.15) is 0 Å². The molecule has 2 nitrogen and oxygen atoms in total. The summed E-state index contributed by atoms with van der Waals surface area (Å²) >= 11 is 0. The standard InChI is InChI=1S/C16H26N2/c1-12(2)15(17)9-11-18-10-8-13(3)14-6-4-5-7-16(14)18/h4-7,12-13,15H,8-11,17H2,1-3H3. The molecule has 100 valence electrons. The van der Waals surface area contributed by atoms with E-state index in [1.165, 1.54) is 24.2 Å². The Morgan fingerprint density at radius 2 is 2.06 bits per heavy atom. The Labute approximate surface area is 111 Å². The molecule has 1 aliphatic heterocycles. The van der Waals surface area contributed by atoms with E-state index < -0.39 is 0 Å². The van der Waals surface area contributed by atoms with Crippen LogP contribution in [0.15, 0.2) is 24.3 Å². The van der Waals surface area contributed by atoms with E-state index in [0.717, 1.165) is 13.0 Å². The predicted octanol–water partition coefficient (Wildman–Crippen LogP) is 3.37. The number of fused-ring (bicyclic) bond motifs is 1. The minimum atomic E-state index is 0.316. The highest BCUT2D eigenvalue weighted by atomic mass is 15.1. The van der Waals surface area contributed by atoms with Crippen LogP contribution in [0.25, 0.3) is 0 Å². The first-order valence-electron chi connectivity index (χ1n) is 7.19. The summed E-state index contributed by atoms with van der Waals surface area (Å²) in [5, 5.41) is 0. The molecule has 2 heteroatoms. The van der Waals surface area contributed by atoms with Crippen molar-refractivity contribution in [3.63, 3.8) is 0 Å². The maximum absolute atomic E-state index is 6.15. The van der Waals surface area contributed by atoms with Gasteiger partial charge in [-0.3, -0.25) is 0 Å². The minimum absolute atomic E-state index is 0.316. The molecule has 2 N–H and O–H groups in total. The highest BCUT2D eigenvalue weighted by Crippen LogP contribution is 2.34. The van der Waals surface area contributed by atoms with Crippen LogP contribution in [0.3, 0.4) is 0 Å². The van der Waals surface area contributed by atoms with Crippen LogP contribution in [-0.2, 0) is 0 Å². The van der Waals surface area contributed by atoms with Crippen molar-refractivity contribution >= 4 is 5.69 Å². The van der Waals surface area contributed by atoms with Gasteiger partial charge in [0.2, 0.25) is 0 Å². The van der Waals surface area contributed by atoms with Crippen LogP contribution < -0.4 is 10.6 Å². The van der Waals surface area contributed by atoms with Crippen LogP contribution in [0.5, 0.6) is 0 Å². The quantitative estimate of drug-likeness (QED) is 0.882. The molecule has 1 aromatic rings. The van der Waals surface area contributed by atoms with Gasteiger partial charge in [-0.05, 0) is 36.3 Å². The first-order chi connectivity index (χ1) is 8.59. The average molecular weight is 246 g/mol. The van der Waals surface area contributed by atoms with Crippen molar-refractivity contribution in [3.8, 4) is 0 Å². The zero-order chi connectivity index (χ0) is 13.1. The molecule has 18 heavy (non-hydrogen) atoms. The largest absolute Gasteiger partial charge is 0.371 e. The molecular formula is C16H26N2. The normalized spacial score (nSPS) is 20.9. The van der Waals surface area contributed by atoms with Crippen LogP contribution in [-0.4, -0.2) is 19.1 Å². The van der Waals surface area contributed by atoms with E-state index in [0.29, 0.717) is 17.9 Å². The third kappa shape index (κ3) is 2.86. The van der Waals surface area contributed by atoms with Gasteiger partial charge < -0.3 is 10.6 Å². The van der Waals surface area contributed by atoms with Crippen molar-refractivity contribution in [2.24, 2.45) is 11.7 Å². The van der Waals surface area contributed by atoms with Crippen LogP contribution in [0.1, 0.15) is 45.1 Å². The first-order valence-corrected chi connectivity index (χ1v) is 7.19. The summed E-state index contributed by atoms with van der Waals surface area (Å²) in [6.45, 7) is 9.00. The van der Waals surface area contributed by atoms with Crippen LogP contribution in [0.2, 0.25) is 0 Å². The number of para-hydroxylation sites is 1. The molecule has 2 atom stereocenters. The van der Waals surface area contributed by atoms with Gasteiger partial charge in [0.05, 0.1) is 0 Å². The Hall–Kier alpha value is -1.02. The Balaban J connectivity index is 2.05. The summed E-state index contributed by atoms with van der Waals surface area (Å²) in [6.07, 6.45) is 2.34. The van der Waals surface area contributed by atoms with Gasteiger partial charge in [-0.25, -0.2) is 0 Å². The van der Waals surface area contributed by atoms with E-state index in [2.05, 4.69) is 49.9 Å². The predicted molar refractivity (Wildman–Crippen MR) is 79.1 cm³/mol. The number of anilines is 1. The van der Waals surface area contributed by atoms with Crippen molar-refractivity contribution in [3.05, 3.63) is 29.8 Å². The lowest BCUT2D eigenvalue weighted by atomic mass is 9.91. The monoisotopic (exact) mass is 246 g/mol. The number of nitrogens with two attached hydrogens (primary N) is 1. The van der Waals surface area contributed by atoms with Gasteiger partial charge in [-0.15, -0.1) is 0 Å². The van der Waals surface area contributed by atoms with E-state index in [1.54, 1.807) is 0 Å². The number of rotatable bonds is 4. The molecular weight excluding hydrogens is 220 g/mol. The molecule has 0 aromatic heterocycles. The molecule has 0 radical (unpaired) electrons. The topological polar surface area (TPSA) is 29.3 Å². The highest BCUT2D eigenvalue weighted by molar-refractivity contribution is 5.56. The highest BCUT2D eigenvalue weighted by Gasteiger charge is 2.22. The smallest absolute Gasteiger partial charge is 0.0401 e. The molecule has 0 saturated heterocycles. The molecule has 2 rings (SSSR count). The van der Waals surface area contributed by atoms with E-state index in [-0.39, 0.29) is 0 Å². The number of hydrogen-bond acceptors (Lipinski definition) is 2. The van der Waals surface area contributed by atoms with E-state index in [4.69, 9.17) is 5.73 Å². The zero-order valence-electron chi connectivity index (χ0n) is 11.9. The second-order valence-corrected chi connectivity index (χ2v) is 5.93. The van der Waals surface area contributed by atoms with Gasteiger partial charge in [-0.1, -0.05) is 39.0 Å². The molecule has 0 spiro atoms. The molecule has 2 unspecified atom stereocenters. The third-order valence-corrected chi connectivity index (χ3v) is 4.23. The molecule has 1 heterocycles. The van der Waals surface area contributed by atoms with Gasteiger partial charge >= 0.3 is 0 Å². The van der Waals surface area contributed by atoms with Gasteiger partial charge in [-0.2, -0.15) is 0 Å². The Morgan fingerprint density at radius 3 is 2.78 bits per heavy atom. The third-order valence-electron chi connectivity index (χ3n) is 4.23. The molecule has 1 aliphatic rings. The molecule has 0 bridgehead atoms. The maximum atomic E-state index is 6.15. The maximum Gasteiger partial charge on any atom is 0.0401 e. The summed E-state index contributed by atoms with van der Waals surface area (Å²) in [5.41, 5.74) is 9.08. The summed E-state index contributed by atoms with van der Waals surface area (Å²) < 4.78 is 0. The lowest BCUT2D eigenvalue weighted by molar-refractivity contribution is 0.457. The lowest BCUT2D eigenvalue weighted by Gasteiger charge is -2.35. The van der Waals surface area contributed by atoms with Crippen molar-refractivity contribution in [2.45, 2.75) is 45.6 Å². The van der Waals surface area contributed by atoms with Crippen molar-refractivity contribution < 1.29 is 0 Å². The van der Waals surface area contributed by atoms with Crippen molar-refractivity contribution in [1.29, 1.82) is 0 Å². The fourth-order valence-corrected chi connectivity index (χ4v) is 2.69. The Bertz CT molecular complexity index is 386. The summed E-state index contributed by atoms with van der Waals surface area (Å²) in [6, 6.07) is 9.14.